The number of benzene rings is 2. The van der Waals surface area contributed by atoms with Crippen LogP contribution < -0.4 is 10.6 Å². The van der Waals surface area contributed by atoms with Crippen LogP contribution in [0.3, 0.4) is 0 Å². The van der Waals surface area contributed by atoms with Crippen LogP contribution in [0.5, 0.6) is 0 Å². The van der Waals surface area contributed by atoms with Crippen molar-refractivity contribution in [3.05, 3.63) is 65.9 Å². The second-order valence-electron chi connectivity index (χ2n) is 6.00. The van der Waals surface area contributed by atoms with Crippen molar-refractivity contribution in [1.29, 1.82) is 5.26 Å². The first-order valence-corrected chi connectivity index (χ1v) is 8.20. The molecule has 0 aliphatic heterocycles. The fourth-order valence-electron chi connectivity index (χ4n) is 2.87. The van der Waals surface area contributed by atoms with Gasteiger partial charge < -0.3 is 15.6 Å². The Kier molecular flexibility index (Phi) is 4.99. The first-order valence-electron chi connectivity index (χ1n) is 8.20. The minimum atomic E-state index is -0.725. The Morgan fingerprint density at radius 2 is 2.00 bits per heavy atom. The van der Waals surface area contributed by atoms with E-state index in [-0.39, 0.29) is 11.8 Å². The number of anilines is 1. The van der Waals surface area contributed by atoms with Crippen molar-refractivity contribution >= 4 is 28.4 Å². The van der Waals surface area contributed by atoms with Crippen LogP contribution in [-0.4, -0.2) is 22.8 Å². The molecule has 6 nitrogen and oxygen atoms in total. The summed E-state index contributed by atoms with van der Waals surface area (Å²) in [6.45, 7) is 1.38. The van der Waals surface area contributed by atoms with Crippen molar-refractivity contribution in [3.8, 4) is 6.07 Å². The standard InChI is InChI=1S/C20H18N4O2/c1-13(25)23-19(10-15-12-22-18-8-3-2-7-17(15)18)20(26)24-16-6-4-5-14(9-16)11-21/h2-9,12,19,22H,10H2,1H3,(H,23,25)(H,24,26). The largest absolute Gasteiger partial charge is 0.361 e. The smallest absolute Gasteiger partial charge is 0.247 e. The number of amides is 2. The predicted octanol–water partition coefficient (Wildman–Crippen LogP) is 2.73. The molecule has 3 aromatic rings. The van der Waals surface area contributed by atoms with Gasteiger partial charge in [-0.15, -0.1) is 0 Å². The van der Waals surface area contributed by atoms with Gasteiger partial charge in [0.1, 0.15) is 6.04 Å². The minimum Gasteiger partial charge on any atom is -0.361 e. The van der Waals surface area contributed by atoms with Gasteiger partial charge in [-0.25, -0.2) is 0 Å². The van der Waals surface area contributed by atoms with Crippen LogP contribution in [0.4, 0.5) is 5.69 Å². The molecule has 0 radical (unpaired) electrons. The zero-order valence-corrected chi connectivity index (χ0v) is 14.2. The molecule has 0 saturated heterocycles. The number of nitriles is 1. The van der Waals surface area contributed by atoms with E-state index in [1.54, 1.807) is 24.3 Å². The van der Waals surface area contributed by atoms with Gasteiger partial charge in [0.05, 0.1) is 11.6 Å². The maximum absolute atomic E-state index is 12.7. The number of fused-ring (bicyclic) bond motifs is 1. The van der Waals surface area contributed by atoms with Crippen LogP contribution >= 0.6 is 0 Å². The molecule has 2 amide bonds. The number of hydrogen-bond donors (Lipinski definition) is 3. The molecule has 26 heavy (non-hydrogen) atoms. The second-order valence-corrected chi connectivity index (χ2v) is 6.00. The quantitative estimate of drug-likeness (QED) is 0.662. The van der Waals surface area contributed by atoms with E-state index in [1.807, 2.05) is 36.5 Å². The Bertz CT molecular complexity index is 1000. The lowest BCUT2D eigenvalue weighted by Gasteiger charge is -2.17. The van der Waals surface area contributed by atoms with Gasteiger partial charge in [0.15, 0.2) is 0 Å². The van der Waals surface area contributed by atoms with E-state index >= 15 is 0 Å². The summed E-state index contributed by atoms with van der Waals surface area (Å²) in [5.74, 6) is -0.615. The second kappa shape index (κ2) is 7.53. The topological polar surface area (TPSA) is 97.8 Å². The summed E-state index contributed by atoms with van der Waals surface area (Å²) < 4.78 is 0. The summed E-state index contributed by atoms with van der Waals surface area (Å²) in [5.41, 5.74) is 2.89. The molecule has 6 heteroatoms. The normalized spacial score (nSPS) is 11.5. The summed E-state index contributed by atoms with van der Waals surface area (Å²) in [6, 6.07) is 15.8. The first-order chi connectivity index (χ1) is 12.6. The summed E-state index contributed by atoms with van der Waals surface area (Å²) in [7, 11) is 0. The van der Waals surface area contributed by atoms with E-state index in [9.17, 15) is 9.59 Å². The molecule has 0 fully saturated rings. The molecule has 2 aromatic carbocycles. The predicted molar refractivity (Wildman–Crippen MR) is 99.4 cm³/mol. The van der Waals surface area contributed by atoms with Gasteiger partial charge in [-0.05, 0) is 29.8 Å². The van der Waals surface area contributed by atoms with Gasteiger partial charge >= 0.3 is 0 Å². The number of carbonyl (C=O) groups excluding carboxylic acids is 2. The van der Waals surface area contributed by atoms with Crippen LogP contribution in [0.2, 0.25) is 0 Å². The molecule has 1 heterocycles. The van der Waals surface area contributed by atoms with Crippen molar-refractivity contribution in [2.24, 2.45) is 0 Å². The van der Waals surface area contributed by atoms with E-state index in [0.717, 1.165) is 16.5 Å². The molecule has 3 rings (SSSR count). The fourth-order valence-corrected chi connectivity index (χ4v) is 2.87. The van der Waals surface area contributed by atoms with Gasteiger partial charge in [0, 0.05) is 36.1 Å². The van der Waals surface area contributed by atoms with Crippen molar-refractivity contribution < 1.29 is 9.59 Å². The average Bonchev–Trinajstić information content (AvgIpc) is 3.04. The number of carbonyl (C=O) groups is 2. The number of nitrogens with one attached hydrogen (secondary N) is 3. The lowest BCUT2D eigenvalue weighted by atomic mass is 10.0. The average molecular weight is 346 g/mol. The van der Waals surface area contributed by atoms with Gasteiger partial charge in [0.25, 0.3) is 0 Å². The van der Waals surface area contributed by atoms with Gasteiger partial charge in [-0.1, -0.05) is 24.3 Å². The Balaban J connectivity index is 1.82. The van der Waals surface area contributed by atoms with Crippen molar-refractivity contribution in [2.45, 2.75) is 19.4 Å². The molecule has 0 saturated carbocycles. The zero-order valence-electron chi connectivity index (χ0n) is 14.2. The number of rotatable bonds is 5. The molecule has 1 atom stereocenters. The maximum Gasteiger partial charge on any atom is 0.247 e. The van der Waals surface area contributed by atoms with Gasteiger partial charge in [0.2, 0.25) is 11.8 Å². The number of aromatic amines is 1. The molecular formula is C20H18N4O2. The van der Waals surface area contributed by atoms with Crippen molar-refractivity contribution in [2.75, 3.05) is 5.32 Å². The van der Waals surface area contributed by atoms with E-state index < -0.39 is 6.04 Å². The SMILES string of the molecule is CC(=O)NC(Cc1c[nH]c2ccccc12)C(=O)Nc1cccc(C#N)c1. The third-order valence-electron chi connectivity index (χ3n) is 4.05. The Morgan fingerprint density at radius 1 is 1.19 bits per heavy atom. The Morgan fingerprint density at radius 3 is 2.77 bits per heavy atom. The van der Waals surface area contributed by atoms with Gasteiger partial charge in [-0.3, -0.25) is 9.59 Å². The fraction of sp³-hybridized carbons (Fsp3) is 0.150. The Hall–Kier alpha value is -3.59. The van der Waals surface area contributed by atoms with Crippen LogP contribution in [0.25, 0.3) is 10.9 Å². The van der Waals surface area contributed by atoms with Crippen molar-refractivity contribution in [1.82, 2.24) is 10.3 Å². The van der Waals surface area contributed by atoms with Crippen LogP contribution in [0.1, 0.15) is 18.1 Å². The van der Waals surface area contributed by atoms with E-state index in [0.29, 0.717) is 17.7 Å². The Labute approximate surface area is 150 Å². The summed E-state index contributed by atoms with van der Waals surface area (Å²) >= 11 is 0. The molecular weight excluding hydrogens is 328 g/mol. The highest BCUT2D eigenvalue weighted by Crippen LogP contribution is 2.20. The number of para-hydroxylation sites is 1. The highest BCUT2D eigenvalue weighted by atomic mass is 16.2. The number of nitrogens with zero attached hydrogens (tertiary/aromatic N) is 1. The highest BCUT2D eigenvalue weighted by Gasteiger charge is 2.21. The lowest BCUT2D eigenvalue weighted by molar-refractivity contribution is -0.125. The van der Waals surface area contributed by atoms with Crippen LogP contribution in [0, 0.1) is 11.3 Å². The monoisotopic (exact) mass is 346 g/mol. The third kappa shape index (κ3) is 3.90. The molecule has 0 aliphatic rings. The zero-order chi connectivity index (χ0) is 18.5. The number of hydrogen-bond acceptors (Lipinski definition) is 3. The molecule has 0 spiro atoms. The number of aromatic nitrogens is 1. The van der Waals surface area contributed by atoms with Crippen LogP contribution in [-0.2, 0) is 16.0 Å². The molecule has 1 unspecified atom stereocenters. The van der Waals surface area contributed by atoms with Gasteiger partial charge in [-0.2, -0.15) is 5.26 Å². The molecule has 130 valence electrons. The van der Waals surface area contributed by atoms with Crippen LogP contribution in [0.15, 0.2) is 54.7 Å². The minimum absolute atomic E-state index is 0.282. The summed E-state index contributed by atoms with van der Waals surface area (Å²) in [6.07, 6.45) is 2.20. The summed E-state index contributed by atoms with van der Waals surface area (Å²) in [4.78, 5) is 27.4. The molecule has 0 aliphatic carbocycles. The molecule has 3 N–H and O–H groups in total. The van der Waals surface area contributed by atoms with E-state index in [1.165, 1.54) is 6.92 Å². The summed E-state index contributed by atoms with van der Waals surface area (Å²) in [5, 5.41) is 15.5. The lowest BCUT2D eigenvalue weighted by Crippen LogP contribution is -2.44. The van der Waals surface area contributed by atoms with E-state index in [4.69, 9.17) is 5.26 Å². The first kappa shape index (κ1) is 17.2. The molecule has 0 bridgehead atoms. The third-order valence-corrected chi connectivity index (χ3v) is 4.05. The maximum atomic E-state index is 12.7. The van der Waals surface area contributed by atoms with Crippen molar-refractivity contribution in [3.63, 3.8) is 0 Å². The van der Waals surface area contributed by atoms with E-state index in [2.05, 4.69) is 15.6 Å². The molecule has 1 aromatic heterocycles. The highest BCUT2D eigenvalue weighted by molar-refractivity contribution is 5.97. The number of H-pyrrole nitrogens is 1.